The van der Waals surface area contributed by atoms with Gasteiger partial charge < -0.3 is 15.7 Å². The lowest BCUT2D eigenvalue weighted by Gasteiger charge is -2.30. The van der Waals surface area contributed by atoms with Crippen molar-refractivity contribution >= 4 is 11.7 Å². The quantitative estimate of drug-likeness (QED) is 0.739. The first kappa shape index (κ1) is 14.4. The molecule has 0 aliphatic carbocycles. The number of carbonyl (C=O) groups is 1. The minimum absolute atomic E-state index is 0.0513. The van der Waals surface area contributed by atoms with E-state index < -0.39 is 5.91 Å². The molecule has 3 N–H and O–H groups in total. The number of aliphatic hydroxyl groups is 1. The molecular formula is C12H20N4O2. The molecule has 0 spiro atoms. The first-order chi connectivity index (χ1) is 8.63. The molecule has 0 saturated carbocycles. The Kier molecular flexibility index (Phi) is 5.51. The molecule has 0 atom stereocenters. The summed E-state index contributed by atoms with van der Waals surface area (Å²) in [7, 11) is 0. The highest BCUT2D eigenvalue weighted by atomic mass is 16.3. The topological polar surface area (TPSA) is 92.3 Å². The fraction of sp³-hybridized carbons (Fsp3) is 0.583. The van der Waals surface area contributed by atoms with Gasteiger partial charge in [0.05, 0.1) is 6.61 Å². The molecule has 1 heterocycles. The van der Waals surface area contributed by atoms with E-state index in [1.54, 1.807) is 12.1 Å². The fourth-order valence-corrected chi connectivity index (χ4v) is 1.93. The first-order valence-electron chi connectivity index (χ1n) is 6.15. The third-order valence-electron chi connectivity index (χ3n) is 2.92. The Morgan fingerprint density at radius 2 is 2.06 bits per heavy atom. The molecule has 18 heavy (non-hydrogen) atoms. The number of hydrogen-bond donors (Lipinski definition) is 2. The van der Waals surface area contributed by atoms with Crippen LogP contribution in [0.25, 0.3) is 0 Å². The van der Waals surface area contributed by atoms with Crippen LogP contribution in [-0.2, 0) is 0 Å². The summed E-state index contributed by atoms with van der Waals surface area (Å²) >= 11 is 0. The van der Waals surface area contributed by atoms with Crippen molar-refractivity contribution in [2.45, 2.75) is 32.7 Å². The third kappa shape index (κ3) is 3.40. The molecule has 0 aromatic carbocycles. The van der Waals surface area contributed by atoms with E-state index in [4.69, 9.17) is 10.8 Å². The summed E-state index contributed by atoms with van der Waals surface area (Å²) in [5, 5.41) is 16.9. The summed E-state index contributed by atoms with van der Waals surface area (Å²) in [6, 6.07) is 3.56. The number of carbonyl (C=O) groups excluding carboxylic acids is 1. The van der Waals surface area contributed by atoms with Gasteiger partial charge in [-0.25, -0.2) is 0 Å². The van der Waals surface area contributed by atoms with Crippen LogP contribution < -0.4 is 10.6 Å². The zero-order chi connectivity index (χ0) is 13.5. The van der Waals surface area contributed by atoms with Crippen molar-refractivity contribution in [2.24, 2.45) is 5.73 Å². The largest absolute Gasteiger partial charge is 0.395 e. The van der Waals surface area contributed by atoms with Gasteiger partial charge in [-0.1, -0.05) is 13.8 Å². The Morgan fingerprint density at radius 3 is 2.44 bits per heavy atom. The first-order valence-corrected chi connectivity index (χ1v) is 6.15. The van der Waals surface area contributed by atoms with Gasteiger partial charge in [0.1, 0.15) is 0 Å². The Morgan fingerprint density at radius 1 is 1.39 bits per heavy atom. The second kappa shape index (κ2) is 6.90. The van der Waals surface area contributed by atoms with Crippen LogP contribution in [-0.4, -0.2) is 40.4 Å². The summed E-state index contributed by atoms with van der Waals surface area (Å²) in [4.78, 5) is 12.9. The maximum atomic E-state index is 10.9. The Balaban J connectivity index is 2.94. The number of hydrogen-bond acceptors (Lipinski definition) is 5. The fourth-order valence-electron chi connectivity index (χ4n) is 1.93. The standard InChI is InChI=1S/C12H20N4O2/c1-3-9(4-2)16(7-8-17)11-6-5-10(12(13)18)14-15-11/h5-6,9,17H,3-4,7-8H2,1-2H3,(H2,13,18). The van der Waals surface area contributed by atoms with Crippen molar-refractivity contribution in [3.8, 4) is 0 Å². The molecule has 1 aromatic heterocycles. The average molecular weight is 252 g/mol. The van der Waals surface area contributed by atoms with Gasteiger partial charge in [-0.3, -0.25) is 4.79 Å². The van der Waals surface area contributed by atoms with E-state index in [0.29, 0.717) is 18.4 Å². The van der Waals surface area contributed by atoms with Gasteiger partial charge >= 0.3 is 0 Å². The zero-order valence-corrected chi connectivity index (χ0v) is 10.8. The van der Waals surface area contributed by atoms with E-state index in [-0.39, 0.29) is 12.3 Å². The van der Waals surface area contributed by atoms with Crippen LogP contribution in [0.15, 0.2) is 12.1 Å². The van der Waals surface area contributed by atoms with Crippen LogP contribution in [0.5, 0.6) is 0 Å². The van der Waals surface area contributed by atoms with Crippen LogP contribution in [0.3, 0.4) is 0 Å². The smallest absolute Gasteiger partial charge is 0.269 e. The number of nitrogens with two attached hydrogens (primary N) is 1. The van der Waals surface area contributed by atoms with Crippen LogP contribution >= 0.6 is 0 Å². The van der Waals surface area contributed by atoms with Gasteiger partial charge in [0.15, 0.2) is 11.5 Å². The predicted octanol–water partition coefficient (Wildman–Crippen LogP) is 0.563. The second-order valence-corrected chi connectivity index (χ2v) is 4.03. The van der Waals surface area contributed by atoms with Gasteiger partial charge in [0.25, 0.3) is 5.91 Å². The molecule has 0 unspecified atom stereocenters. The molecule has 1 aromatic rings. The highest BCUT2D eigenvalue weighted by Gasteiger charge is 2.17. The van der Waals surface area contributed by atoms with Crippen molar-refractivity contribution in [1.82, 2.24) is 10.2 Å². The normalized spacial score (nSPS) is 10.7. The lowest BCUT2D eigenvalue weighted by molar-refractivity contribution is 0.0994. The molecule has 1 amide bonds. The van der Waals surface area contributed by atoms with Crippen LogP contribution in [0.4, 0.5) is 5.82 Å². The van der Waals surface area contributed by atoms with Gasteiger partial charge in [-0.05, 0) is 25.0 Å². The number of nitrogens with zero attached hydrogens (tertiary/aromatic N) is 3. The number of aromatic nitrogens is 2. The molecule has 6 nitrogen and oxygen atoms in total. The molecular weight excluding hydrogens is 232 g/mol. The van der Waals surface area contributed by atoms with Crippen molar-refractivity contribution in [3.05, 3.63) is 17.8 Å². The van der Waals surface area contributed by atoms with E-state index in [9.17, 15) is 4.79 Å². The third-order valence-corrected chi connectivity index (χ3v) is 2.92. The van der Waals surface area contributed by atoms with Gasteiger partial charge in [-0.15, -0.1) is 10.2 Å². The summed E-state index contributed by atoms with van der Waals surface area (Å²) in [5.41, 5.74) is 5.26. The van der Waals surface area contributed by atoms with Crippen molar-refractivity contribution in [3.63, 3.8) is 0 Å². The minimum Gasteiger partial charge on any atom is -0.395 e. The van der Waals surface area contributed by atoms with E-state index in [0.717, 1.165) is 12.8 Å². The Bertz CT molecular complexity index is 376. The van der Waals surface area contributed by atoms with E-state index in [1.807, 2.05) is 4.90 Å². The molecule has 100 valence electrons. The number of rotatable bonds is 7. The molecule has 0 radical (unpaired) electrons. The Hall–Kier alpha value is -1.69. The average Bonchev–Trinajstić information content (AvgIpc) is 2.39. The highest BCUT2D eigenvalue weighted by Crippen LogP contribution is 2.17. The maximum Gasteiger partial charge on any atom is 0.269 e. The number of anilines is 1. The van der Waals surface area contributed by atoms with E-state index in [1.165, 1.54) is 0 Å². The number of amides is 1. The zero-order valence-electron chi connectivity index (χ0n) is 10.8. The molecule has 0 aliphatic heterocycles. The van der Waals surface area contributed by atoms with Crippen molar-refractivity contribution < 1.29 is 9.90 Å². The van der Waals surface area contributed by atoms with Crippen molar-refractivity contribution in [1.29, 1.82) is 0 Å². The van der Waals surface area contributed by atoms with Gasteiger partial charge in [0, 0.05) is 12.6 Å². The summed E-state index contributed by atoms with van der Waals surface area (Å²) in [5.74, 6) is 0.0630. The van der Waals surface area contributed by atoms with E-state index >= 15 is 0 Å². The molecule has 0 saturated heterocycles. The van der Waals surface area contributed by atoms with E-state index in [2.05, 4.69) is 24.0 Å². The highest BCUT2D eigenvalue weighted by molar-refractivity contribution is 5.90. The lowest BCUT2D eigenvalue weighted by Crippen LogP contribution is -2.37. The van der Waals surface area contributed by atoms with Crippen LogP contribution in [0.2, 0.25) is 0 Å². The number of aliphatic hydroxyl groups excluding tert-OH is 1. The van der Waals surface area contributed by atoms with Gasteiger partial charge in [-0.2, -0.15) is 0 Å². The molecule has 1 rings (SSSR count). The Labute approximate surface area is 107 Å². The van der Waals surface area contributed by atoms with Crippen LogP contribution in [0.1, 0.15) is 37.2 Å². The molecule has 0 bridgehead atoms. The van der Waals surface area contributed by atoms with Gasteiger partial charge in [0.2, 0.25) is 0 Å². The maximum absolute atomic E-state index is 10.9. The monoisotopic (exact) mass is 252 g/mol. The number of primary amides is 1. The van der Waals surface area contributed by atoms with Crippen LogP contribution in [0, 0.1) is 0 Å². The minimum atomic E-state index is -0.592. The summed E-state index contributed by atoms with van der Waals surface area (Å²) < 4.78 is 0. The second-order valence-electron chi connectivity index (χ2n) is 4.03. The SMILES string of the molecule is CCC(CC)N(CCO)c1ccc(C(N)=O)nn1. The van der Waals surface area contributed by atoms with Crippen molar-refractivity contribution in [2.75, 3.05) is 18.1 Å². The molecule has 6 heteroatoms. The lowest BCUT2D eigenvalue weighted by atomic mass is 10.1. The predicted molar refractivity (Wildman–Crippen MR) is 69.4 cm³/mol. The summed E-state index contributed by atoms with van der Waals surface area (Å²) in [6.45, 7) is 4.72. The molecule has 0 aliphatic rings. The summed E-state index contributed by atoms with van der Waals surface area (Å²) in [6.07, 6.45) is 1.91. The molecule has 0 fully saturated rings.